The summed E-state index contributed by atoms with van der Waals surface area (Å²) in [5.41, 5.74) is 0. The molecule has 55 valence electrons. The first-order valence-electron chi connectivity index (χ1n) is 3.20. The van der Waals surface area contributed by atoms with Gasteiger partial charge >= 0.3 is 0 Å². The van der Waals surface area contributed by atoms with Gasteiger partial charge in [0.2, 0.25) is 0 Å². The highest BCUT2D eigenvalue weighted by Gasteiger charge is 1.90. The number of nitrogens with one attached hydrogen (secondary N) is 1. The maximum Gasteiger partial charge on any atom is 0.0556 e. The van der Waals surface area contributed by atoms with Crippen molar-refractivity contribution >= 4 is 11.3 Å². The van der Waals surface area contributed by atoms with E-state index in [2.05, 4.69) is 10.7 Å². The van der Waals surface area contributed by atoms with Crippen molar-refractivity contribution < 1.29 is 5.11 Å². The van der Waals surface area contributed by atoms with Gasteiger partial charge in [-0.15, -0.1) is 11.3 Å². The van der Waals surface area contributed by atoms with Crippen LogP contribution in [0.15, 0.2) is 12.1 Å². The summed E-state index contributed by atoms with van der Waals surface area (Å²) in [5.74, 6) is 0. The first-order chi connectivity index (χ1) is 4.93. The van der Waals surface area contributed by atoms with E-state index < -0.39 is 0 Å². The second-order valence-electron chi connectivity index (χ2n) is 1.92. The third kappa shape index (κ3) is 2.47. The smallest absolute Gasteiger partial charge is 0.0556 e. The van der Waals surface area contributed by atoms with Crippen LogP contribution in [-0.4, -0.2) is 18.3 Å². The molecule has 1 radical (unpaired) electrons. The number of hydrogen-bond acceptors (Lipinski definition) is 3. The molecule has 0 amide bonds. The Hall–Kier alpha value is -0.380. The summed E-state index contributed by atoms with van der Waals surface area (Å²) in [7, 11) is 0. The van der Waals surface area contributed by atoms with Crippen molar-refractivity contribution in [2.45, 2.75) is 6.54 Å². The SMILES string of the molecule is OCCNCc1cc[c]s1. The third-order valence-corrected chi connectivity index (χ3v) is 1.91. The lowest BCUT2D eigenvalue weighted by Crippen LogP contribution is -2.16. The summed E-state index contributed by atoms with van der Waals surface area (Å²) >= 11 is 1.60. The van der Waals surface area contributed by atoms with Crippen LogP contribution in [-0.2, 0) is 6.54 Å². The van der Waals surface area contributed by atoms with E-state index in [9.17, 15) is 0 Å². The molecule has 1 aromatic heterocycles. The van der Waals surface area contributed by atoms with Crippen molar-refractivity contribution in [1.29, 1.82) is 0 Å². The van der Waals surface area contributed by atoms with Crippen LogP contribution in [0.3, 0.4) is 0 Å². The third-order valence-electron chi connectivity index (χ3n) is 1.12. The highest BCUT2D eigenvalue weighted by Crippen LogP contribution is 2.05. The highest BCUT2D eigenvalue weighted by atomic mass is 32.1. The normalized spacial score (nSPS) is 10.1. The van der Waals surface area contributed by atoms with E-state index in [0.717, 1.165) is 6.54 Å². The van der Waals surface area contributed by atoms with Crippen LogP contribution in [0.1, 0.15) is 4.88 Å². The zero-order valence-corrected chi connectivity index (χ0v) is 6.45. The van der Waals surface area contributed by atoms with Gasteiger partial charge in [-0.1, -0.05) is 0 Å². The van der Waals surface area contributed by atoms with Crippen LogP contribution >= 0.6 is 11.3 Å². The Morgan fingerprint density at radius 3 is 3.20 bits per heavy atom. The van der Waals surface area contributed by atoms with E-state index in [1.165, 1.54) is 4.88 Å². The van der Waals surface area contributed by atoms with E-state index >= 15 is 0 Å². The molecule has 3 heteroatoms. The molecule has 0 aliphatic heterocycles. The van der Waals surface area contributed by atoms with Crippen LogP contribution in [0.5, 0.6) is 0 Å². The van der Waals surface area contributed by atoms with Crippen LogP contribution < -0.4 is 5.32 Å². The van der Waals surface area contributed by atoms with Crippen molar-refractivity contribution in [1.82, 2.24) is 5.32 Å². The maximum atomic E-state index is 8.43. The predicted octanol–water partition coefficient (Wildman–Crippen LogP) is 0.630. The molecule has 0 saturated heterocycles. The number of thiophene rings is 1. The Balaban J connectivity index is 2.15. The molecule has 10 heavy (non-hydrogen) atoms. The first kappa shape index (κ1) is 7.72. The topological polar surface area (TPSA) is 32.3 Å². The molecule has 1 heterocycles. The minimum Gasteiger partial charge on any atom is -0.395 e. The molecule has 0 aliphatic carbocycles. The average Bonchev–Trinajstić information content (AvgIpc) is 2.41. The molecule has 0 spiro atoms. The van der Waals surface area contributed by atoms with Crippen molar-refractivity contribution in [3.63, 3.8) is 0 Å². The van der Waals surface area contributed by atoms with Gasteiger partial charge in [-0.05, 0) is 12.1 Å². The van der Waals surface area contributed by atoms with Crippen LogP contribution in [0, 0.1) is 5.38 Å². The highest BCUT2D eigenvalue weighted by molar-refractivity contribution is 7.09. The van der Waals surface area contributed by atoms with E-state index in [4.69, 9.17) is 5.11 Å². The first-order valence-corrected chi connectivity index (χ1v) is 4.01. The van der Waals surface area contributed by atoms with Gasteiger partial charge in [0.1, 0.15) is 0 Å². The molecular weight excluding hydrogens is 146 g/mol. The summed E-state index contributed by atoms with van der Waals surface area (Å²) in [6.07, 6.45) is 0. The molecule has 0 saturated carbocycles. The van der Waals surface area contributed by atoms with Crippen molar-refractivity contribution in [2.24, 2.45) is 0 Å². The second-order valence-corrected chi connectivity index (χ2v) is 2.88. The van der Waals surface area contributed by atoms with E-state index in [1.54, 1.807) is 11.3 Å². The minimum atomic E-state index is 0.203. The number of aliphatic hydroxyl groups excluding tert-OH is 1. The van der Waals surface area contributed by atoms with E-state index in [0.29, 0.717) is 6.54 Å². The molecule has 2 nitrogen and oxygen atoms in total. The molecule has 1 aromatic rings. The van der Waals surface area contributed by atoms with Gasteiger partial charge in [0.05, 0.1) is 6.61 Å². The zero-order chi connectivity index (χ0) is 7.23. The summed E-state index contributed by atoms with van der Waals surface area (Å²) < 4.78 is 0. The monoisotopic (exact) mass is 156 g/mol. The van der Waals surface area contributed by atoms with E-state index in [-0.39, 0.29) is 6.61 Å². The van der Waals surface area contributed by atoms with Gasteiger partial charge in [0.15, 0.2) is 0 Å². The Labute approximate surface area is 64.5 Å². The zero-order valence-electron chi connectivity index (χ0n) is 5.63. The van der Waals surface area contributed by atoms with Crippen LogP contribution in [0.25, 0.3) is 0 Å². The Morgan fingerprint density at radius 2 is 2.60 bits per heavy atom. The lowest BCUT2D eigenvalue weighted by atomic mass is 10.4. The fraction of sp³-hybridized carbons (Fsp3) is 0.429. The largest absolute Gasteiger partial charge is 0.395 e. The number of hydrogen-bond donors (Lipinski definition) is 2. The number of aliphatic hydroxyl groups is 1. The summed E-state index contributed by atoms with van der Waals surface area (Å²) in [5, 5.41) is 14.5. The lowest BCUT2D eigenvalue weighted by molar-refractivity contribution is 0.292. The Morgan fingerprint density at radius 1 is 1.70 bits per heavy atom. The molecule has 0 aromatic carbocycles. The van der Waals surface area contributed by atoms with Gasteiger partial charge < -0.3 is 10.4 Å². The van der Waals surface area contributed by atoms with Crippen molar-refractivity contribution in [3.8, 4) is 0 Å². The van der Waals surface area contributed by atoms with Crippen molar-refractivity contribution in [3.05, 3.63) is 22.4 Å². The lowest BCUT2D eigenvalue weighted by Gasteiger charge is -1.97. The summed E-state index contributed by atoms with van der Waals surface area (Å²) in [6, 6.07) is 3.93. The van der Waals surface area contributed by atoms with Gasteiger partial charge in [-0.3, -0.25) is 0 Å². The average molecular weight is 156 g/mol. The van der Waals surface area contributed by atoms with Gasteiger partial charge in [0.25, 0.3) is 0 Å². The molecule has 2 N–H and O–H groups in total. The van der Waals surface area contributed by atoms with Gasteiger partial charge in [0, 0.05) is 23.3 Å². The molecule has 0 aliphatic rings. The fourth-order valence-electron chi connectivity index (χ4n) is 0.656. The quantitative estimate of drug-likeness (QED) is 0.627. The van der Waals surface area contributed by atoms with E-state index in [1.807, 2.05) is 12.1 Å². The molecular formula is C7H10NOS. The molecule has 0 fully saturated rings. The van der Waals surface area contributed by atoms with Gasteiger partial charge in [-0.25, -0.2) is 0 Å². The summed E-state index contributed by atoms with van der Waals surface area (Å²) in [4.78, 5) is 1.26. The molecule has 0 bridgehead atoms. The van der Waals surface area contributed by atoms with Crippen LogP contribution in [0.2, 0.25) is 0 Å². The minimum absolute atomic E-state index is 0.203. The fourth-order valence-corrected chi connectivity index (χ4v) is 1.25. The van der Waals surface area contributed by atoms with Crippen molar-refractivity contribution in [2.75, 3.05) is 13.2 Å². The molecule has 0 atom stereocenters. The maximum absolute atomic E-state index is 8.43. The predicted molar refractivity (Wildman–Crippen MR) is 41.9 cm³/mol. The Kier molecular flexibility index (Phi) is 3.43. The molecule has 1 rings (SSSR count). The van der Waals surface area contributed by atoms with Gasteiger partial charge in [-0.2, -0.15) is 0 Å². The standard InChI is InChI=1S/C7H10NOS/c9-4-3-8-6-7-2-1-5-10-7/h1-2,8-9H,3-4,6H2. The number of rotatable bonds is 4. The molecule has 0 unspecified atom stereocenters. The second kappa shape index (κ2) is 4.44. The van der Waals surface area contributed by atoms with Crippen LogP contribution in [0.4, 0.5) is 0 Å². The Bertz CT molecular complexity index is 162. The summed E-state index contributed by atoms with van der Waals surface area (Å²) in [6.45, 7) is 1.71.